The average Bonchev–Trinajstić information content (AvgIpc) is 2.38. The number of carbonyl (C=O) groups excluding carboxylic acids is 2. The van der Waals surface area contributed by atoms with Crippen LogP contribution in [0.1, 0.15) is 41.6 Å². The number of hydrogen-bond acceptors (Lipinski definition) is 2. The van der Waals surface area contributed by atoms with Gasteiger partial charge in [-0.3, -0.25) is 9.59 Å². The van der Waals surface area contributed by atoms with Crippen molar-refractivity contribution >= 4 is 11.7 Å². The van der Waals surface area contributed by atoms with Crippen molar-refractivity contribution < 1.29 is 9.59 Å². The van der Waals surface area contributed by atoms with Gasteiger partial charge in [-0.25, -0.2) is 0 Å². The molecule has 1 aromatic rings. The Morgan fingerprint density at radius 3 is 2.59 bits per heavy atom. The molecule has 0 aromatic heterocycles. The molecule has 1 N–H and O–H groups in total. The molecule has 1 saturated heterocycles. The molecule has 0 radical (unpaired) electrons. The fourth-order valence-electron chi connectivity index (χ4n) is 3.05. The highest BCUT2D eigenvalue weighted by molar-refractivity contribution is 5.99. The summed E-state index contributed by atoms with van der Waals surface area (Å²) >= 11 is 0. The molecule has 1 atom stereocenters. The minimum absolute atomic E-state index is 0.00157. The predicted molar refractivity (Wildman–Crippen MR) is 63.9 cm³/mol. The van der Waals surface area contributed by atoms with E-state index in [2.05, 4.69) is 5.32 Å². The van der Waals surface area contributed by atoms with Crippen molar-refractivity contribution in [2.24, 2.45) is 0 Å². The van der Waals surface area contributed by atoms with Crippen molar-refractivity contribution in [3.63, 3.8) is 0 Å². The summed E-state index contributed by atoms with van der Waals surface area (Å²) in [6, 6.07) is 7.85. The second-order valence-electron chi connectivity index (χ2n) is 5.03. The second-order valence-corrected chi connectivity index (χ2v) is 5.03. The molecular weight excluding hydrogens is 214 g/mol. The lowest BCUT2D eigenvalue weighted by Crippen LogP contribution is -2.48. The monoisotopic (exact) mass is 229 g/mol. The molecule has 3 heteroatoms. The number of fused-ring (bicyclic) bond motifs is 2. The van der Waals surface area contributed by atoms with Crippen LogP contribution in [0.15, 0.2) is 24.3 Å². The number of Topliss-reactive ketones (excluding diaryl/α,β-unsaturated/α-hetero) is 1. The maximum absolute atomic E-state index is 11.9. The van der Waals surface area contributed by atoms with Gasteiger partial charge in [0.25, 0.3) is 0 Å². The number of hydrogen-bond donors (Lipinski definition) is 1. The van der Waals surface area contributed by atoms with Gasteiger partial charge in [0.05, 0.1) is 0 Å². The van der Waals surface area contributed by atoms with Crippen molar-refractivity contribution in [3.8, 4) is 0 Å². The summed E-state index contributed by atoms with van der Waals surface area (Å²) < 4.78 is 0. The van der Waals surface area contributed by atoms with Crippen LogP contribution in [0.2, 0.25) is 0 Å². The minimum Gasteiger partial charge on any atom is -0.355 e. The van der Waals surface area contributed by atoms with Crippen molar-refractivity contribution in [2.45, 2.75) is 31.1 Å². The van der Waals surface area contributed by atoms with Crippen LogP contribution < -0.4 is 5.32 Å². The van der Waals surface area contributed by atoms with Gasteiger partial charge in [0.2, 0.25) is 5.91 Å². The standard InChI is InChI=1S/C14H15NO2/c16-12-5-7-14(8-6-13(17)15-9-14)11-4-2-1-3-10(11)12/h1-4H,5-9H2,(H,15,17). The first-order valence-electron chi connectivity index (χ1n) is 6.11. The Balaban J connectivity index is 2.06. The fourth-order valence-corrected chi connectivity index (χ4v) is 3.05. The molecular formula is C14H15NO2. The Morgan fingerprint density at radius 2 is 1.82 bits per heavy atom. The van der Waals surface area contributed by atoms with Crippen molar-refractivity contribution in [1.29, 1.82) is 0 Å². The predicted octanol–water partition coefficient (Wildman–Crippen LogP) is 1.81. The van der Waals surface area contributed by atoms with Gasteiger partial charge in [0, 0.05) is 30.4 Å². The Kier molecular flexibility index (Phi) is 2.28. The van der Waals surface area contributed by atoms with Crippen molar-refractivity contribution in [2.75, 3.05) is 6.54 Å². The van der Waals surface area contributed by atoms with Crippen LogP contribution in [0.3, 0.4) is 0 Å². The zero-order valence-electron chi connectivity index (χ0n) is 9.66. The van der Waals surface area contributed by atoms with Crippen LogP contribution in [-0.4, -0.2) is 18.2 Å². The SMILES string of the molecule is O=C1CCC2(CCC(=O)c3ccccc32)CN1. The molecule has 0 saturated carbocycles. The summed E-state index contributed by atoms with van der Waals surface area (Å²) in [5.74, 6) is 0.369. The van der Waals surface area contributed by atoms with Crippen LogP contribution in [0.25, 0.3) is 0 Å². The smallest absolute Gasteiger partial charge is 0.220 e. The maximum atomic E-state index is 11.9. The number of benzene rings is 1. The first-order chi connectivity index (χ1) is 8.21. The first-order valence-corrected chi connectivity index (χ1v) is 6.11. The number of rotatable bonds is 0. The highest BCUT2D eigenvalue weighted by Crippen LogP contribution is 2.41. The molecule has 88 valence electrons. The van der Waals surface area contributed by atoms with Crippen LogP contribution in [-0.2, 0) is 10.2 Å². The third-order valence-corrected chi connectivity index (χ3v) is 4.08. The molecule has 17 heavy (non-hydrogen) atoms. The van der Waals surface area contributed by atoms with E-state index in [1.165, 1.54) is 0 Å². The Bertz CT molecular complexity index is 483. The second kappa shape index (κ2) is 3.69. The molecule has 3 nitrogen and oxygen atoms in total. The molecule has 1 fully saturated rings. The van der Waals surface area contributed by atoms with E-state index >= 15 is 0 Å². The average molecular weight is 229 g/mol. The van der Waals surface area contributed by atoms with E-state index in [0.717, 1.165) is 24.0 Å². The van der Waals surface area contributed by atoms with Crippen molar-refractivity contribution in [3.05, 3.63) is 35.4 Å². The number of carbonyl (C=O) groups is 2. The van der Waals surface area contributed by atoms with E-state index in [1.54, 1.807) is 0 Å². The minimum atomic E-state index is -0.00157. The molecule has 3 rings (SSSR count). The summed E-state index contributed by atoms with van der Waals surface area (Å²) in [4.78, 5) is 23.2. The summed E-state index contributed by atoms with van der Waals surface area (Å²) in [6.45, 7) is 0.677. The lowest BCUT2D eigenvalue weighted by Gasteiger charge is -2.41. The first kappa shape index (κ1) is 10.5. The van der Waals surface area contributed by atoms with E-state index in [-0.39, 0.29) is 17.1 Å². The quantitative estimate of drug-likeness (QED) is 0.737. The largest absolute Gasteiger partial charge is 0.355 e. The van der Waals surface area contributed by atoms with Gasteiger partial charge in [-0.1, -0.05) is 24.3 Å². The van der Waals surface area contributed by atoms with Crippen LogP contribution >= 0.6 is 0 Å². The lowest BCUT2D eigenvalue weighted by molar-refractivity contribution is -0.123. The Morgan fingerprint density at radius 1 is 1.06 bits per heavy atom. The third kappa shape index (κ3) is 1.57. The van der Waals surface area contributed by atoms with E-state index < -0.39 is 0 Å². The van der Waals surface area contributed by atoms with Gasteiger partial charge in [0.15, 0.2) is 5.78 Å². The molecule has 1 unspecified atom stereocenters. The van der Waals surface area contributed by atoms with Gasteiger partial charge >= 0.3 is 0 Å². The molecule has 1 heterocycles. The van der Waals surface area contributed by atoms with E-state index in [4.69, 9.17) is 0 Å². The highest BCUT2D eigenvalue weighted by atomic mass is 16.1. The van der Waals surface area contributed by atoms with Crippen LogP contribution in [0.4, 0.5) is 0 Å². The van der Waals surface area contributed by atoms with Gasteiger partial charge in [-0.2, -0.15) is 0 Å². The number of amides is 1. The number of ketones is 1. The summed E-state index contributed by atoms with van der Waals surface area (Å²) in [5, 5.41) is 2.95. The summed E-state index contributed by atoms with van der Waals surface area (Å²) in [6.07, 6.45) is 2.90. The summed E-state index contributed by atoms with van der Waals surface area (Å²) in [5.41, 5.74) is 1.99. The Hall–Kier alpha value is -1.64. The zero-order chi connectivity index (χ0) is 11.9. The Labute approximate surface area is 100 Å². The highest BCUT2D eigenvalue weighted by Gasteiger charge is 2.41. The van der Waals surface area contributed by atoms with Gasteiger partial charge in [-0.15, -0.1) is 0 Å². The molecule has 1 aromatic carbocycles. The topological polar surface area (TPSA) is 46.2 Å². The molecule has 2 aliphatic rings. The van der Waals surface area contributed by atoms with E-state index in [1.807, 2.05) is 24.3 Å². The third-order valence-electron chi connectivity index (χ3n) is 4.08. The lowest BCUT2D eigenvalue weighted by atomic mass is 9.66. The zero-order valence-corrected chi connectivity index (χ0v) is 9.66. The molecule has 1 aliphatic heterocycles. The van der Waals surface area contributed by atoms with Gasteiger partial charge in [0.1, 0.15) is 0 Å². The summed E-state index contributed by atoms with van der Waals surface area (Å²) in [7, 11) is 0. The number of piperidine rings is 1. The molecule has 1 amide bonds. The fraction of sp³-hybridized carbons (Fsp3) is 0.429. The van der Waals surface area contributed by atoms with Crippen LogP contribution in [0.5, 0.6) is 0 Å². The van der Waals surface area contributed by atoms with Crippen LogP contribution in [0, 0.1) is 0 Å². The van der Waals surface area contributed by atoms with E-state index in [0.29, 0.717) is 19.4 Å². The van der Waals surface area contributed by atoms with Gasteiger partial charge < -0.3 is 5.32 Å². The molecule has 1 spiro atoms. The normalized spacial score (nSPS) is 27.8. The molecule has 0 bridgehead atoms. The maximum Gasteiger partial charge on any atom is 0.220 e. The van der Waals surface area contributed by atoms with Gasteiger partial charge in [-0.05, 0) is 18.4 Å². The number of nitrogens with one attached hydrogen (secondary N) is 1. The molecule has 1 aliphatic carbocycles. The van der Waals surface area contributed by atoms with Crippen molar-refractivity contribution in [1.82, 2.24) is 5.32 Å². The van der Waals surface area contributed by atoms with E-state index in [9.17, 15) is 9.59 Å².